The molecule has 1 saturated heterocycles. The molecule has 0 spiro atoms. The molecule has 0 aromatic carbocycles. The lowest BCUT2D eigenvalue weighted by atomic mass is 10.1. The first kappa shape index (κ1) is 16.7. The molecule has 3 aromatic rings. The summed E-state index contributed by atoms with van der Waals surface area (Å²) in [7, 11) is 0. The Kier molecular flexibility index (Phi) is 4.66. The third-order valence-electron chi connectivity index (χ3n) is 4.35. The Morgan fingerprint density at radius 2 is 1.85 bits per heavy atom. The number of thiazole rings is 1. The third kappa shape index (κ3) is 3.45. The molecule has 4 rings (SSSR count). The summed E-state index contributed by atoms with van der Waals surface area (Å²) in [6, 6.07) is 6.04. The lowest BCUT2D eigenvalue weighted by molar-refractivity contribution is 0.0582. The van der Waals surface area contributed by atoms with E-state index < -0.39 is 0 Å². The van der Waals surface area contributed by atoms with Gasteiger partial charge in [-0.1, -0.05) is 11.3 Å². The predicted molar refractivity (Wildman–Crippen MR) is 97.8 cm³/mol. The monoisotopic (exact) mass is 369 g/mol. The summed E-state index contributed by atoms with van der Waals surface area (Å²) < 4.78 is 7.72. The number of nitrogens with zero attached hydrogens (tertiary/aromatic N) is 5. The van der Waals surface area contributed by atoms with E-state index in [1.165, 1.54) is 11.3 Å². The second-order valence-corrected chi connectivity index (χ2v) is 7.12. The van der Waals surface area contributed by atoms with Gasteiger partial charge in [0.15, 0.2) is 5.13 Å². The van der Waals surface area contributed by atoms with Crippen molar-refractivity contribution in [2.75, 3.05) is 13.1 Å². The van der Waals surface area contributed by atoms with Gasteiger partial charge < -0.3 is 14.2 Å². The van der Waals surface area contributed by atoms with Gasteiger partial charge in [0.2, 0.25) is 0 Å². The normalized spacial score (nSPS) is 15.2. The van der Waals surface area contributed by atoms with Crippen LogP contribution in [-0.4, -0.2) is 49.5 Å². The fourth-order valence-electron chi connectivity index (χ4n) is 2.97. The van der Waals surface area contributed by atoms with Crippen LogP contribution in [0.15, 0.2) is 43.0 Å². The van der Waals surface area contributed by atoms with Crippen LogP contribution in [0.25, 0.3) is 5.13 Å². The lowest BCUT2D eigenvalue weighted by Crippen LogP contribution is -2.41. The zero-order valence-electron chi connectivity index (χ0n) is 14.4. The molecule has 0 bridgehead atoms. The molecule has 0 aliphatic carbocycles. The molecule has 0 radical (unpaired) electrons. The Bertz CT molecular complexity index is 870. The van der Waals surface area contributed by atoms with E-state index in [0.717, 1.165) is 23.7 Å². The average molecular weight is 369 g/mol. The number of amides is 1. The van der Waals surface area contributed by atoms with Crippen LogP contribution in [-0.2, 0) is 0 Å². The number of likely N-dealkylation sites (tertiary alicyclic amines) is 1. The van der Waals surface area contributed by atoms with Crippen molar-refractivity contribution < 1.29 is 9.53 Å². The quantitative estimate of drug-likeness (QED) is 0.707. The molecule has 1 aliphatic heterocycles. The topological polar surface area (TPSA) is 73.1 Å². The summed E-state index contributed by atoms with van der Waals surface area (Å²) >= 11 is 1.43. The van der Waals surface area contributed by atoms with Crippen molar-refractivity contribution in [2.24, 2.45) is 0 Å². The molecule has 7 nitrogen and oxygen atoms in total. The first-order valence-corrected chi connectivity index (χ1v) is 9.36. The van der Waals surface area contributed by atoms with Crippen LogP contribution in [0, 0.1) is 6.92 Å². The molecule has 1 fully saturated rings. The molecule has 0 unspecified atom stereocenters. The van der Waals surface area contributed by atoms with Gasteiger partial charge in [0.1, 0.15) is 11.0 Å². The largest absolute Gasteiger partial charge is 0.460 e. The highest BCUT2D eigenvalue weighted by atomic mass is 32.1. The van der Waals surface area contributed by atoms with E-state index >= 15 is 0 Å². The van der Waals surface area contributed by atoms with Gasteiger partial charge in [-0.3, -0.25) is 4.79 Å². The van der Waals surface area contributed by atoms with Crippen LogP contribution in [0.2, 0.25) is 0 Å². The molecule has 0 N–H and O–H groups in total. The van der Waals surface area contributed by atoms with Crippen LogP contribution in [0.3, 0.4) is 0 Å². The van der Waals surface area contributed by atoms with E-state index in [1.807, 2.05) is 40.9 Å². The van der Waals surface area contributed by atoms with Crippen LogP contribution < -0.4 is 4.74 Å². The van der Waals surface area contributed by atoms with Crippen molar-refractivity contribution in [1.82, 2.24) is 24.4 Å². The zero-order chi connectivity index (χ0) is 17.9. The van der Waals surface area contributed by atoms with Crippen LogP contribution in [0.4, 0.5) is 0 Å². The van der Waals surface area contributed by atoms with Gasteiger partial charge in [0.05, 0.1) is 5.69 Å². The lowest BCUT2D eigenvalue weighted by Gasteiger charge is -2.31. The number of hydrogen-bond acceptors (Lipinski definition) is 6. The van der Waals surface area contributed by atoms with E-state index in [-0.39, 0.29) is 12.0 Å². The number of carbonyl (C=O) groups excluding carboxylic acids is 1. The maximum Gasteiger partial charge on any atom is 0.316 e. The molecular weight excluding hydrogens is 350 g/mol. The minimum atomic E-state index is 0.0412. The summed E-state index contributed by atoms with van der Waals surface area (Å²) in [6.07, 6.45) is 8.77. The minimum Gasteiger partial charge on any atom is -0.460 e. The average Bonchev–Trinajstić information content (AvgIpc) is 3.32. The number of aryl methyl sites for hydroxylation is 1. The highest BCUT2D eigenvalue weighted by molar-refractivity contribution is 7.16. The summed E-state index contributed by atoms with van der Waals surface area (Å²) in [4.78, 5) is 28.2. The second-order valence-electron chi connectivity index (χ2n) is 6.14. The molecule has 134 valence electrons. The maximum atomic E-state index is 12.9. The number of ether oxygens (including phenoxy) is 1. The highest BCUT2D eigenvalue weighted by Gasteiger charge is 2.27. The molecule has 1 amide bonds. The highest BCUT2D eigenvalue weighted by Crippen LogP contribution is 2.25. The molecule has 26 heavy (non-hydrogen) atoms. The third-order valence-corrected chi connectivity index (χ3v) is 5.51. The minimum absolute atomic E-state index is 0.0412. The van der Waals surface area contributed by atoms with Crippen molar-refractivity contribution >= 4 is 17.2 Å². The number of hydrogen-bond donors (Lipinski definition) is 0. The maximum absolute atomic E-state index is 12.9. The molecule has 0 atom stereocenters. The van der Waals surface area contributed by atoms with E-state index in [4.69, 9.17) is 4.74 Å². The van der Waals surface area contributed by atoms with E-state index in [2.05, 4.69) is 15.0 Å². The Morgan fingerprint density at radius 3 is 2.54 bits per heavy atom. The van der Waals surface area contributed by atoms with Crippen molar-refractivity contribution in [3.63, 3.8) is 0 Å². The Morgan fingerprint density at radius 1 is 1.15 bits per heavy atom. The van der Waals surface area contributed by atoms with Gasteiger partial charge in [0, 0.05) is 50.7 Å². The van der Waals surface area contributed by atoms with E-state index in [9.17, 15) is 4.79 Å². The van der Waals surface area contributed by atoms with Gasteiger partial charge >= 0.3 is 6.01 Å². The van der Waals surface area contributed by atoms with Crippen LogP contribution >= 0.6 is 11.3 Å². The summed E-state index contributed by atoms with van der Waals surface area (Å²) in [5.41, 5.74) is 0.778. The fourth-order valence-corrected chi connectivity index (χ4v) is 3.97. The Hall–Kier alpha value is -2.74. The Balaban J connectivity index is 1.39. The van der Waals surface area contributed by atoms with Crippen molar-refractivity contribution in [3.8, 4) is 11.1 Å². The van der Waals surface area contributed by atoms with Crippen molar-refractivity contribution in [3.05, 3.63) is 53.6 Å². The number of piperidine rings is 1. The predicted octanol–water partition coefficient (Wildman–Crippen LogP) is 2.72. The zero-order valence-corrected chi connectivity index (χ0v) is 15.2. The standard InChI is InChI=1S/C18H19N5O2S/c1-13-15(26-18(21-13)23-9-2-3-10-23)16(24)22-11-5-14(6-12-22)25-17-19-7-4-8-20-17/h2-4,7-10,14H,5-6,11-12H2,1H3. The molecule has 0 saturated carbocycles. The van der Waals surface area contributed by atoms with Crippen molar-refractivity contribution in [1.29, 1.82) is 0 Å². The smallest absolute Gasteiger partial charge is 0.316 e. The van der Waals surface area contributed by atoms with Gasteiger partial charge in [-0.15, -0.1) is 0 Å². The van der Waals surface area contributed by atoms with Crippen molar-refractivity contribution in [2.45, 2.75) is 25.9 Å². The first-order chi connectivity index (χ1) is 12.7. The SMILES string of the molecule is Cc1nc(-n2cccc2)sc1C(=O)N1CCC(Oc2ncccn2)CC1. The summed E-state index contributed by atoms with van der Waals surface area (Å²) in [6.45, 7) is 3.21. The number of aromatic nitrogens is 4. The Labute approximate surface area is 155 Å². The van der Waals surface area contributed by atoms with Gasteiger partial charge in [-0.25, -0.2) is 15.0 Å². The summed E-state index contributed by atoms with van der Waals surface area (Å²) in [5.74, 6) is 0.0489. The molecule has 4 heterocycles. The first-order valence-electron chi connectivity index (χ1n) is 8.54. The van der Waals surface area contributed by atoms with Crippen LogP contribution in [0.5, 0.6) is 6.01 Å². The fraction of sp³-hybridized carbons (Fsp3) is 0.333. The van der Waals surface area contributed by atoms with Gasteiger partial charge in [-0.05, 0) is 25.1 Å². The van der Waals surface area contributed by atoms with Gasteiger partial charge in [-0.2, -0.15) is 0 Å². The van der Waals surface area contributed by atoms with Crippen LogP contribution in [0.1, 0.15) is 28.2 Å². The van der Waals surface area contributed by atoms with Gasteiger partial charge in [0.25, 0.3) is 5.91 Å². The molecular formula is C18H19N5O2S. The summed E-state index contributed by atoms with van der Waals surface area (Å²) in [5, 5.41) is 0.815. The van der Waals surface area contributed by atoms with E-state index in [0.29, 0.717) is 24.0 Å². The molecule has 1 aliphatic rings. The number of carbonyl (C=O) groups is 1. The number of rotatable bonds is 4. The molecule has 8 heteroatoms. The van der Waals surface area contributed by atoms with E-state index in [1.54, 1.807) is 18.5 Å². The molecule has 3 aromatic heterocycles. The second kappa shape index (κ2) is 7.25.